The van der Waals surface area contributed by atoms with Gasteiger partial charge in [0.2, 0.25) is 0 Å². The van der Waals surface area contributed by atoms with Gasteiger partial charge in [0, 0.05) is 0 Å². The predicted molar refractivity (Wildman–Crippen MR) is 19.0 cm³/mol. The lowest BCUT2D eigenvalue weighted by Gasteiger charge is -1.99. The van der Waals surface area contributed by atoms with Crippen LogP contribution in [0.1, 0.15) is 0 Å². The van der Waals surface area contributed by atoms with Crippen molar-refractivity contribution in [3.05, 3.63) is 12.0 Å². The summed E-state index contributed by atoms with van der Waals surface area (Å²) in [6, 6.07) is 0. The molecule has 0 aromatic carbocycles. The Morgan fingerprint density at radius 3 is 2.86 bits per heavy atom. The topological polar surface area (TPSA) is 70.4 Å². The quantitative estimate of drug-likeness (QED) is 0.404. The number of nitrogens with two attached hydrogens (primary N) is 1. The Morgan fingerprint density at radius 1 is 2.00 bits per heavy atom. The molecule has 5 heteroatoms. The highest BCUT2D eigenvalue weighted by atomic mass is 17.0. The molecule has 0 aromatic rings. The fourth-order valence-corrected chi connectivity index (χ4v) is 0.240. The van der Waals surface area contributed by atoms with Crippen LogP contribution in [0.3, 0.4) is 0 Å². The first-order valence-corrected chi connectivity index (χ1v) is 1.66. The summed E-state index contributed by atoms with van der Waals surface area (Å²) < 4.78 is 0. The molecule has 3 N–H and O–H groups in total. The van der Waals surface area contributed by atoms with E-state index in [1.165, 1.54) is 6.20 Å². The molecule has 1 aliphatic rings. The van der Waals surface area contributed by atoms with Crippen LogP contribution in [0.5, 0.6) is 0 Å². The van der Waals surface area contributed by atoms with Crippen LogP contribution in [-0.2, 0) is 10.1 Å². The summed E-state index contributed by atoms with van der Waals surface area (Å²) in [7, 11) is 0. The standard InChI is InChI=1S/C2H4N3O2/c3-2-1-4-7-5(2)6/h1,4H,3H2. The molecule has 5 nitrogen and oxygen atoms in total. The lowest BCUT2D eigenvalue weighted by molar-refractivity contribution is -0.361. The lowest BCUT2D eigenvalue weighted by atomic mass is 10.8. The largest absolute Gasteiger partial charge is 0.380 e. The molecule has 1 heterocycles. The average Bonchev–Trinajstić information content (AvgIpc) is 1.91. The highest BCUT2D eigenvalue weighted by molar-refractivity contribution is 4.88. The van der Waals surface area contributed by atoms with Gasteiger partial charge in [-0.15, -0.1) is 4.94 Å². The number of hydrogen-bond donors (Lipinski definition) is 2. The molecule has 0 fully saturated rings. The minimum atomic E-state index is 0.0278. The van der Waals surface area contributed by atoms with Crippen LogP contribution in [0.25, 0.3) is 0 Å². The van der Waals surface area contributed by atoms with Crippen LogP contribution in [-0.4, -0.2) is 5.23 Å². The van der Waals surface area contributed by atoms with Crippen molar-refractivity contribution in [2.24, 2.45) is 5.73 Å². The van der Waals surface area contributed by atoms with E-state index in [0.717, 1.165) is 0 Å². The molecule has 0 saturated heterocycles. The van der Waals surface area contributed by atoms with Crippen molar-refractivity contribution in [2.75, 3.05) is 0 Å². The van der Waals surface area contributed by atoms with Gasteiger partial charge in [0.25, 0.3) is 0 Å². The first-order chi connectivity index (χ1) is 3.30. The second-order valence-corrected chi connectivity index (χ2v) is 1.04. The predicted octanol–water partition coefficient (Wildman–Crippen LogP) is -1.16. The van der Waals surface area contributed by atoms with E-state index in [2.05, 4.69) is 10.4 Å². The maximum Gasteiger partial charge on any atom is 0.179 e. The van der Waals surface area contributed by atoms with E-state index < -0.39 is 0 Å². The number of rotatable bonds is 0. The third-order valence-electron chi connectivity index (χ3n) is 0.553. The van der Waals surface area contributed by atoms with E-state index in [1.807, 2.05) is 0 Å². The zero-order chi connectivity index (χ0) is 5.28. The Morgan fingerprint density at radius 2 is 2.71 bits per heavy atom. The normalized spacial score (nSPS) is 19.0. The average molecular weight is 102 g/mol. The Balaban J connectivity index is 2.54. The van der Waals surface area contributed by atoms with Crippen LogP contribution >= 0.6 is 0 Å². The summed E-state index contributed by atoms with van der Waals surface area (Å²) in [5, 5.41) is 10.2. The fourth-order valence-electron chi connectivity index (χ4n) is 0.240. The third-order valence-corrected chi connectivity index (χ3v) is 0.553. The van der Waals surface area contributed by atoms with E-state index in [0.29, 0.717) is 0 Å². The van der Waals surface area contributed by atoms with Gasteiger partial charge in [-0.05, 0) is 5.23 Å². The molecule has 0 amide bonds. The van der Waals surface area contributed by atoms with E-state index in [4.69, 9.17) is 5.73 Å². The van der Waals surface area contributed by atoms with Crippen molar-refractivity contribution in [1.82, 2.24) is 10.7 Å². The SMILES string of the molecule is NC1=CNON1[O]. The summed E-state index contributed by atoms with van der Waals surface area (Å²) in [4.78, 5) is 4.08. The fraction of sp³-hybridized carbons (Fsp3) is 0. The first kappa shape index (κ1) is 4.23. The minimum Gasteiger partial charge on any atom is -0.380 e. The molecular weight excluding hydrogens is 98.0 g/mol. The number of nitrogens with one attached hydrogen (secondary N) is 1. The second kappa shape index (κ2) is 1.28. The molecule has 0 bridgehead atoms. The number of hydrogen-bond acceptors (Lipinski definition) is 4. The number of hydroxylamine groups is 3. The van der Waals surface area contributed by atoms with Crippen molar-refractivity contribution in [3.8, 4) is 0 Å². The van der Waals surface area contributed by atoms with Gasteiger partial charge in [0.1, 0.15) is 0 Å². The van der Waals surface area contributed by atoms with Crippen LogP contribution in [0.2, 0.25) is 0 Å². The Bertz CT molecular complexity index is 101. The maximum atomic E-state index is 10.0. The van der Waals surface area contributed by atoms with Gasteiger partial charge in [-0.25, -0.2) is 5.48 Å². The van der Waals surface area contributed by atoms with Gasteiger partial charge >= 0.3 is 0 Å². The molecule has 1 aliphatic heterocycles. The van der Waals surface area contributed by atoms with E-state index in [-0.39, 0.29) is 11.0 Å². The van der Waals surface area contributed by atoms with Gasteiger partial charge in [-0.3, -0.25) is 0 Å². The van der Waals surface area contributed by atoms with Gasteiger partial charge in [0.15, 0.2) is 5.82 Å². The molecule has 1 radical (unpaired) electrons. The molecular formula is C2H4N3O2. The van der Waals surface area contributed by atoms with Gasteiger partial charge in [0.05, 0.1) is 6.20 Å². The van der Waals surface area contributed by atoms with Crippen molar-refractivity contribution in [2.45, 2.75) is 0 Å². The van der Waals surface area contributed by atoms with Gasteiger partial charge < -0.3 is 5.73 Å². The van der Waals surface area contributed by atoms with Crippen molar-refractivity contribution < 1.29 is 10.1 Å². The molecule has 0 aliphatic carbocycles. The van der Waals surface area contributed by atoms with Crippen LogP contribution in [0, 0.1) is 0 Å². The van der Waals surface area contributed by atoms with Crippen LogP contribution < -0.4 is 11.2 Å². The smallest absolute Gasteiger partial charge is 0.179 e. The summed E-state index contributed by atoms with van der Waals surface area (Å²) in [5.74, 6) is 0.0278. The molecule has 0 atom stereocenters. The van der Waals surface area contributed by atoms with Crippen molar-refractivity contribution >= 4 is 0 Å². The molecule has 0 aromatic heterocycles. The maximum absolute atomic E-state index is 10.0. The highest BCUT2D eigenvalue weighted by Gasteiger charge is 2.09. The van der Waals surface area contributed by atoms with Crippen LogP contribution in [0.4, 0.5) is 0 Å². The molecule has 0 spiro atoms. The highest BCUT2D eigenvalue weighted by Crippen LogP contribution is 1.96. The zero-order valence-electron chi connectivity index (χ0n) is 3.42. The Kier molecular flexibility index (Phi) is 0.775. The molecule has 39 valence electrons. The Hall–Kier alpha value is -0.940. The summed E-state index contributed by atoms with van der Waals surface area (Å²) in [5.41, 5.74) is 7.11. The number of nitrogens with zero attached hydrogens (tertiary/aromatic N) is 1. The van der Waals surface area contributed by atoms with Crippen molar-refractivity contribution in [1.29, 1.82) is 0 Å². The summed E-state index contributed by atoms with van der Waals surface area (Å²) in [6.45, 7) is 0. The monoisotopic (exact) mass is 102 g/mol. The third kappa shape index (κ3) is 0.577. The molecule has 7 heavy (non-hydrogen) atoms. The van der Waals surface area contributed by atoms with E-state index in [1.54, 1.807) is 0 Å². The van der Waals surface area contributed by atoms with Crippen LogP contribution in [0.15, 0.2) is 12.0 Å². The zero-order valence-corrected chi connectivity index (χ0v) is 3.42. The van der Waals surface area contributed by atoms with Gasteiger partial charge in [-0.2, -0.15) is 0 Å². The molecule has 0 unspecified atom stereocenters. The minimum absolute atomic E-state index is 0.0278. The van der Waals surface area contributed by atoms with E-state index in [9.17, 15) is 5.21 Å². The lowest BCUT2D eigenvalue weighted by Crippen LogP contribution is -2.18. The molecule has 1 rings (SSSR count). The first-order valence-electron chi connectivity index (χ1n) is 1.66. The summed E-state index contributed by atoms with van der Waals surface area (Å²) in [6.07, 6.45) is 1.26. The second-order valence-electron chi connectivity index (χ2n) is 1.04. The molecule has 0 saturated carbocycles. The van der Waals surface area contributed by atoms with Gasteiger partial charge in [-0.1, -0.05) is 5.21 Å². The van der Waals surface area contributed by atoms with Crippen molar-refractivity contribution in [3.63, 3.8) is 0 Å². The Labute approximate surface area is 39.8 Å². The van der Waals surface area contributed by atoms with E-state index >= 15 is 0 Å². The summed E-state index contributed by atoms with van der Waals surface area (Å²) >= 11 is 0.